The highest BCUT2D eigenvalue weighted by atomic mass is 16.7. The van der Waals surface area contributed by atoms with Gasteiger partial charge in [0.05, 0.1) is 13.2 Å². The molecule has 3 aromatic rings. The summed E-state index contributed by atoms with van der Waals surface area (Å²) in [7, 11) is 0. The van der Waals surface area contributed by atoms with Crippen molar-refractivity contribution in [3.63, 3.8) is 0 Å². The van der Waals surface area contributed by atoms with Gasteiger partial charge in [0.1, 0.15) is 5.69 Å². The van der Waals surface area contributed by atoms with E-state index < -0.39 is 0 Å². The van der Waals surface area contributed by atoms with Gasteiger partial charge in [0.25, 0.3) is 5.91 Å². The minimum atomic E-state index is -0.0719. The van der Waals surface area contributed by atoms with Crippen molar-refractivity contribution in [2.75, 3.05) is 13.2 Å². The predicted molar refractivity (Wildman–Crippen MR) is 103 cm³/mol. The molecule has 1 amide bonds. The van der Waals surface area contributed by atoms with Crippen molar-refractivity contribution in [3.8, 4) is 22.5 Å². The third kappa shape index (κ3) is 3.41. The SMILES string of the molecule is O=C(c1cc(-c2cnc(-c3cccnc3)nc2)cn1CC1CC1)N1CCCO1. The Kier molecular flexibility index (Phi) is 4.37. The average molecular weight is 375 g/mol. The fourth-order valence-corrected chi connectivity index (χ4v) is 3.43. The zero-order valence-electron chi connectivity index (χ0n) is 15.5. The summed E-state index contributed by atoms with van der Waals surface area (Å²) in [6, 6.07) is 5.72. The van der Waals surface area contributed by atoms with Gasteiger partial charge in [-0.15, -0.1) is 0 Å². The first-order valence-corrected chi connectivity index (χ1v) is 9.66. The number of amides is 1. The quantitative estimate of drug-likeness (QED) is 0.685. The number of hydroxylamine groups is 2. The van der Waals surface area contributed by atoms with Crippen LogP contribution in [0, 0.1) is 5.92 Å². The Balaban J connectivity index is 1.45. The lowest BCUT2D eigenvalue weighted by molar-refractivity contribution is -0.0774. The molecular weight excluding hydrogens is 354 g/mol. The van der Waals surface area contributed by atoms with Crippen molar-refractivity contribution >= 4 is 5.91 Å². The van der Waals surface area contributed by atoms with Crippen LogP contribution in [0.25, 0.3) is 22.5 Å². The van der Waals surface area contributed by atoms with Crippen LogP contribution >= 0.6 is 0 Å². The van der Waals surface area contributed by atoms with E-state index in [1.165, 1.54) is 17.9 Å². The second kappa shape index (κ2) is 7.16. The lowest BCUT2D eigenvalue weighted by Crippen LogP contribution is -2.28. The number of rotatable bonds is 5. The van der Waals surface area contributed by atoms with Crippen molar-refractivity contribution in [2.24, 2.45) is 5.92 Å². The zero-order chi connectivity index (χ0) is 18.9. The van der Waals surface area contributed by atoms with Crippen LogP contribution in [0.4, 0.5) is 0 Å². The van der Waals surface area contributed by atoms with E-state index in [2.05, 4.69) is 19.5 Å². The Bertz CT molecular complexity index is 974. The van der Waals surface area contributed by atoms with Crippen LogP contribution in [0.15, 0.2) is 49.2 Å². The van der Waals surface area contributed by atoms with Crippen LogP contribution in [0.3, 0.4) is 0 Å². The first-order valence-electron chi connectivity index (χ1n) is 9.66. The monoisotopic (exact) mass is 375 g/mol. The molecule has 1 aliphatic heterocycles. The van der Waals surface area contributed by atoms with Crippen LogP contribution in [0.2, 0.25) is 0 Å². The van der Waals surface area contributed by atoms with E-state index in [-0.39, 0.29) is 5.91 Å². The molecule has 2 aliphatic rings. The summed E-state index contributed by atoms with van der Waals surface area (Å²) in [6.07, 6.45) is 12.4. The molecule has 0 radical (unpaired) electrons. The Hall–Kier alpha value is -3.06. The molecule has 0 N–H and O–H groups in total. The number of nitrogens with zero attached hydrogens (tertiary/aromatic N) is 5. The summed E-state index contributed by atoms with van der Waals surface area (Å²) in [5, 5.41) is 1.48. The molecule has 1 saturated carbocycles. The van der Waals surface area contributed by atoms with Gasteiger partial charge in [-0.05, 0) is 43.4 Å². The maximum absolute atomic E-state index is 12.9. The number of carbonyl (C=O) groups is 1. The maximum atomic E-state index is 12.9. The molecule has 0 spiro atoms. The third-order valence-electron chi connectivity index (χ3n) is 5.15. The molecule has 1 saturated heterocycles. The average Bonchev–Trinajstić information content (AvgIpc) is 3.22. The molecule has 28 heavy (non-hydrogen) atoms. The van der Waals surface area contributed by atoms with E-state index in [9.17, 15) is 4.79 Å². The maximum Gasteiger partial charge on any atom is 0.294 e. The van der Waals surface area contributed by atoms with Gasteiger partial charge in [0, 0.05) is 54.2 Å². The van der Waals surface area contributed by atoms with E-state index in [1.54, 1.807) is 24.8 Å². The van der Waals surface area contributed by atoms with Gasteiger partial charge in [0.2, 0.25) is 0 Å². The molecule has 0 unspecified atom stereocenters. The minimum absolute atomic E-state index is 0.0719. The van der Waals surface area contributed by atoms with E-state index in [0.29, 0.717) is 30.6 Å². The first-order chi connectivity index (χ1) is 13.8. The van der Waals surface area contributed by atoms with Gasteiger partial charge in [-0.25, -0.2) is 15.0 Å². The van der Waals surface area contributed by atoms with Crippen molar-refractivity contribution in [1.29, 1.82) is 0 Å². The Morgan fingerprint density at radius 3 is 2.68 bits per heavy atom. The lowest BCUT2D eigenvalue weighted by atomic mass is 10.1. The van der Waals surface area contributed by atoms with Gasteiger partial charge in [-0.3, -0.25) is 14.6 Å². The fraction of sp³-hybridized carbons (Fsp3) is 0.333. The fourth-order valence-electron chi connectivity index (χ4n) is 3.43. The van der Waals surface area contributed by atoms with Gasteiger partial charge in [-0.1, -0.05) is 0 Å². The van der Waals surface area contributed by atoms with Crippen molar-refractivity contribution < 1.29 is 9.63 Å². The van der Waals surface area contributed by atoms with Crippen LogP contribution in [0.5, 0.6) is 0 Å². The zero-order valence-corrected chi connectivity index (χ0v) is 15.5. The summed E-state index contributed by atoms with van der Waals surface area (Å²) >= 11 is 0. The van der Waals surface area contributed by atoms with Crippen LogP contribution in [-0.4, -0.2) is 43.6 Å². The molecule has 3 aromatic heterocycles. The number of pyridine rings is 1. The van der Waals surface area contributed by atoms with Gasteiger partial charge in [-0.2, -0.15) is 0 Å². The molecule has 0 bridgehead atoms. The van der Waals surface area contributed by atoms with E-state index in [4.69, 9.17) is 4.84 Å². The molecule has 2 fully saturated rings. The van der Waals surface area contributed by atoms with Crippen molar-refractivity contribution in [1.82, 2.24) is 24.6 Å². The van der Waals surface area contributed by atoms with E-state index in [0.717, 1.165) is 29.7 Å². The smallest absolute Gasteiger partial charge is 0.294 e. The molecule has 5 rings (SSSR count). The highest BCUT2D eigenvalue weighted by Crippen LogP contribution is 2.33. The second-order valence-electron chi connectivity index (χ2n) is 7.34. The number of carbonyl (C=O) groups excluding carboxylic acids is 1. The molecule has 1 aliphatic carbocycles. The van der Waals surface area contributed by atoms with E-state index >= 15 is 0 Å². The highest BCUT2D eigenvalue weighted by Gasteiger charge is 2.28. The first kappa shape index (κ1) is 17.1. The van der Waals surface area contributed by atoms with Gasteiger partial charge < -0.3 is 4.57 Å². The molecule has 4 heterocycles. The Morgan fingerprint density at radius 2 is 2.00 bits per heavy atom. The largest absolute Gasteiger partial charge is 0.343 e. The van der Waals surface area contributed by atoms with Gasteiger partial charge in [0.15, 0.2) is 5.82 Å². The summed E-state index contributed by atoms with van der Waals surface area (Å²) in [5.41, 5.74) is 3.38. The molecule has 142 valence electrons. The van der Waals surface area contributed by atoms with Crippen molar-refractivity contribution in [2.45, 2.75) is 25.8 Å². The van der Waals surface area contributed by atoms with Crippen LogP contribution in [-0.2, 0) is 11.4 Å². The highest BCUT2D eigenvalue weighted by molar-refractivity contribution is 5.93. The summed E-state index contributed by atoms with van der Waals surface area (Å²) in [4.78, 5) is 31.4. The van der Waals surface area contributed by atoms with Crippen LogP contribution in [0.1, 0.15) is 29.8 Å². The molecule has 7 nitrogen and oxygen atoms in total. The third-order valence-corrected chi connectivity index (χ3v) is 5.15. The summed E-state index contributed by atoms with van der Waals surface area (Å²) in [6.45, 7) is 2.11. The summed E-state index contributed by atoms with van der Waals surface area (Å²) in [5.74, 6) is 1.23. The topological polar surface area (TPSA) is 73.1 Å². The molecular formula is C21H21N5O2. The van der Waals surface area contributed by atoms with Crippen molar-refractivity contribution in [3.05, 3.63) is 54.9 Å². The predicted octanol–water partition coefficient (Wildman–Crippen LogP) is 3.19. The second-order valence-corrected chi connectivity index (χ2v) is 7.34. The van der Waals surface area contributed by atoms with Crippen LogP contribution < -0.4 is 0 Å². The van der Waals surface area contributed by atoms with Gasteiger partial charge >= 0.3 is 0 Å². The van der Waals surface area contributed by atoms with E-state index in [1.807, 2.05) is 24.4 Å². The number of hydrogen-bond acceptors (Lipinski definition) is 5. The molecule has 7 heteroatoms. The standard InChI is InChI=1S/C21H21N5O2/c27-21(26-7-2-8-28-26)19-9-17(14-25(19)13-15-4-5-15)18-11-23-20(24-12-18)16-3-1-6-22-10-16/h1,3,6,9-12,14-15H,2,4-5,7-8,13H2. The molecule has 0 atom stereocenters. The summed E-state index contributed by atoms with van der Waals surface area (Å²) < 4.78 is 2.06. The normalized spacial score (nSPS) is 16.5. The lowest BCUT2D eigenvalue weighted by Gasteiger charge is -2.15. The number of aromatic nitrogens is 4. The number of hydrogen-bond donors (Lipinski definition) is 0. The Morgan fingerprint density at radius 1 is 1.14 bits per heavy atom. The Labute approximate surface area is 163 Å². The minimum Gasteiger partial charge on any atom is -0.343 e. The molecule has 0 aromatic carbocycles.